The lowest BCUT2D eigenvalue weighted by Crippen LogP contribution is -2.35. The average Bonchev–Trinajstić information content (AvgIpc) is 2.26. The Hall–Kier alpha value is -0.630. The van der Waals surface area contributed by atoms with Crippen LogP contribution in [0.15, 0.2) is 22.7 Å². The molecule has 1 N–H and O–H groups in total. The second-order valence-electron chi connectivity index (χ2n) is 3.58. The van der Waals surface area contributed by atoms with Crippen molar-refractivity contribution < 1.29 is 13.2 Å². The van der Waals surface area contributed by atoms with Gasteiger partial charge in [-0.2, -0.15) is 17.4 Å². The fourth-order valence-electron chi connectivity index (χ4n) is 1.12. The van der Waals surface area contributed by atoms with Gasteiger partial charge < -0.3 is 4.74 Å². The second kappa shape index (κ2) is 5.81. The van der Waals surface area contributed by atoms with E-state index in [1.807, 2.05) is 12.1 Å². The molecule has 0 radical (unpaired) electrons. The molecule has 1 rings (SSSR count). The highest BCUT2D eigenvalue weighted by atomic mass is 79.9. The minimum absolute atomic E-state index is 0.239. The Labute approximate surface area is 110 Å². The van der Waals surface area contributed by atoms with E-state index in [9.17, 15) is 8.42 Å². The van der Waals surface area contributed by atoms with E-state index < -0.39 is 10.2 Å². The van der Waals surface area contributed by atoms with Crippen molar-refractivity contribution in [1.29, 1.82) is 0 Å². The molecule has 0 heterocycles. The fraction of sp³-hybridized carbons (Fsp3) is 0.400. The molecular weight excluding hydrogens is 308 g/mol. The molecule has 0 aromatic heterocycles. The van der Waals surface area contributed by atoms with Gasteiger partial charge in [0.2, 0.25) is 0 Å². The van der Waals surface area contributed by atoms with E-state index in [0.29, 0.717) is 5.75 Å². The normalized spacial score (nSPS) is 11.8. The van der Waals surface area contributed by atoms with Crippen molar-refractivity contribution >= 4 is 26.1 Å². The van der Waals surface area contributed by atoms with Crippen molar-refractivity contribution in [1.82, 2.24) is 9.03 Å². The summed E-state index contributed by atoms with van der Waals surface area (Å²) in [5, 5.41) is 0. The summed E-state index contributed by atoms with van der Waals surface area (Å²) >= 11 is 3.34. The van der Waals surface area contributed by atoms with Gasteiger partial charge in [0, 0.05) is 20.6 Å². The largest absolute Gasteiger partial charge is 0.496 e. The van der Waals surface area contributed by atoms with Gasteiger partial charge in [0.15, 0.2) is 0 Å². The number of hydrogen-bond acceptors (Lipinski definition) is 3. The number of ether oxygens (including phenoxy) is 1. The first-order valence-corrected chi connectivity index (χ1v) is 7.09. The third-order valence-corrected chi connectivity index (χ3v) is 4.25. The lowest BCUT2D eigenvalue weighted by atomic mass is 10.2. The third-order valence-electron chi connectivity index (χ3n) is 2.16. The van der Waals surface area contributed by atoms with Crippen molar-refractivity contribution in [3.63, 3.8) is 0 Å². The van der Waals surface area contributed by atoms with Gasteiger partial charge >= 0.3 is 0 Å². The highest BCUT2D eigenvalue weighted by Crippen LogP contribution is 2.25. The van der Waals surface area contributed by atoms with Crippen LogP contribution in [0, 0.1) is 0 Å². The molecule has 0 aliphatic heterocycles. The molecule has 96 valence electrons. The van der Waals surface area contributed by atoms with Gasteiger partial charge in [-0.1, -0.05) is 6.07 Å². The average molecular weight is 323 g/mol. The Morgan fingerprint density at radius 3 is 2.53 bits per heavy atom. The maximum absolute atomic E-state index is 11.5. The van der Waals surface area contributed by atoms with E-state index in [-0.39, 0.29) is 6.54 Å². The molecule has 0 saturated heterocycles. The van der Waals surface area contributed by atoms with Gasteiger partial charge in [-0.15, -0.1) is 0 Å². The topological polar surface area (TPSA) is 58.6 Å². The monoisotopic (exact) mass is 322 g/mol. The van der Waals surface area contributed by atoms with Crippen LogP contribution >= 0.6 is 15.9 Å². The van der Waals surface area contributed by atoms with Crippen molar-refractivity contribution in [2.24, 2.45) is 0 Å². The van der Waals surface area contributed by atoms with Crippen molar-refractivity contribution in [2.45, 2.75) is 6.54 Å². The zero-order valence-corrected chi connectivity index (χ0v) is 12.3. The molecular formula is C10H15BrN2O3S. The minimum Gasteiger partial charge on any atom is -0.496 e. The highest BCUT2D eigenvalue weighted by Gasteiger charge is 2.12. The summed E-state index contributed by atoms with van der Waals surface area (Å²) in [5.41, 5.74) is 0.850. The molecule has 0 atom stereocenters. The third kappa shape index (κ3) is 3.95. The van der Waals surface area contributed by atoms with Gasteiger partial charge in [0.05, 0.1) is 11.6 Å². The Kier molecular flexibility index (Phi) is 4.93. The number of rotatable bonds is 5. The molecule has 0 spiro atoms. The first kappa shape index (κ1) is 14.4. The van der Waals surface area contributed by atoms with Crippen LogP contribution in [0.25, 0.3) is 0 Å². The molecule has 0 unspecified atom stereocenters. The van der Waals surface area contributed by atoms with Crippen LogP contribution in [-0.2, 0) is 16.8 Å². The summed E-state index contributed by atoms with van der Waals surface area (Å²) in [5.74, 6) is 0.712. The summed E-state index contributed by atoms with van der Waals surface area (Å²) in [6.45, 7) is 0.239. The number of hydrogen-bond donors (Lipinski definition) is 1. The number of nitrogens with zero attached hydrogens (tertiary/aromatic N) is 1. The van der Waals surface area contributed by atoms with Crippen molar-refractivity contribution in [3.8, 4) is 5.75 Å². The predicted octanol–water partition coefficient (Wildman–Crippen LogP) is 1.35. The fourth-order valence-corrected chi connectivity index (χ4v) is 2.32. The SMILES string of the molecule is COc1ccc(CNS(=O)(=O)N(C)C)cc1Br. The van der Waals surface area contributed by atoms with E-state index in [2.05, 4.69) is 20.7 Å². The summed E-state index contributed by atoms with van der Waals surface area (Å²) in [7, 11) is 1.15. The van der Waals surface area contributed by atoms with Crippen LogP contribution in [0.5, 0.6) is 5.75 Å². The quantitative estimate of drug-likeness (QED) is 0.890. The molecule has 0 bridgehead atoms. The summed E-state index contributed by atoms with van der Waals surface area (Å²) in [4.78, 5) is 0. The molecule has 0 saturated carbocycles. The van der Waals surface area contributed by atoms with Crippen LogP contribution in [0.4, 0.5) is 0 Å². The van der Waals surface area contributed by atoms with Crippen LogP contribution in [-0.4, -0.2) is 33.9 Å². The molecule has 0 amide bonds. The summed E-state index contributed by atoms with van der Waals surface area (Å²) < 4.78 is 32.5. The number of benzene rings is 1. The minimum atomic E-state index is -3.39. The zero-order valence-electron chi connectivity index (χ0n) is 9.90. The van der Waals surface area contributed by atoms with Gasteiger partial charge in [-0.25, -0.2) is 0 Å². The van der Waals surface area contributed by atoms with E-state index in [4.69, 9.17) is 4.74 Å². The highest BCUT2D eigenvalue weighted by molar-refractivity contribution is 9.10. The van der Waals surface area contributed by atoms with E-state index >= 15 is 0 Å². The van der Waals surface area contributed by atoms with Crippen LogP contribution in [0.3, 0.4) is 0 Å². The number of methoxy groups -OCH3 is 1. The summed E-state index contributed by atoms with van der Waals surface area (Å²) in [6, 6.07) is 5.40. The van der Waals surface area contributed by atoms with E-state index in [1.165, 1.54) is 14.1 Å². The van der Waals surface area contributed by atoms with Crippen molar-refractivity contribution in [3.05, 3.63) is 28.2 Å². The first-order chi connectivity index (χ1) is 7.86. The zero-order chi connectivity index (χ0) is 13.1. The molecule has 0 aliphatic rings. The second-order valence-corrected chi connectivity index (χ2v) is 6.40. The smallest absolute Gasteiger partial charge is 0.279 e. The van der Waals surface area contributed by atoms with E-state index in [1.54, 1.807) is 13.2 Å². The number of halogens is 1. The number of nitrogens with one attached hydrogen (secondary N) is 1. The lowest BCUT2D eigenvalue weighted by Gasteiger charge is -2.12. The van der Waals surface area contributed by atoms with Crippen LogP contribution < -0.4 is 9.46 Å². The molecule has 1 aromatic carbocycles. The lowest BCUT2D eigenvalue weighted by molar-refractivity contribution is 0.412. The summed E-state index contributed by atoms with van der Waals surface area (Å²) in [6.07, 6.45) is 0. The van der Waals surface area contributed by atoms with Gasteiger partial charge in [0.1, 0.15) is 5.75 Å². The molecule has 5 nitrogen and oxygen atoms in total. The maximum Gasteiger partial charge on any atom is 0.279 e. The Morgan fingerprint density at radius 1 is 1.41 bits per heavy atom. The Balaban J connectivity index is 2.74. The van der Waals surface area contributed by atoms with Crippen LogP contribution in [0.1, 0.15) is 5.56 Å². The molecule has 17 heavy (non-hydrogen) atoms. The first-order valence-electron chi connectivity index (χ1n) is 4.86. The van der Waals surface area contributed by atoms with Crippen molar-refractivity contribution in [2.75, 3.05) is 21.2 Å². The molecule has 0 fully saturated rings. The molecule has 1 aromatic rings. The molecule has 7 heteroatoms. The van der Waals surface area contributed by atoms with Gasteiger partial charge in [-0.05, 0) is 33.6 Å². The maximum atomic E-state index is 11.5. The van der Waals surface area contributed by atoms with Gasteiger partial charge in [0.25, 0.3) is 10.2 Å². The predicted molar refractivity (Wildman–Crippen MR) is 70.1 cm³/mol. The standard InChI is InChI=1S/C10H15BrN2O3S/c1-13(2)17(14,15)12-7-8-4-5-10(16-3)9(11)6-8/h4-6,12H,7H2,1-3H3. The Morgan fingerprint density at radius 2 is 2.06 bits per heavy atom. The molecule has 0 aliphatic carbocycles. The van der Waals surface area contributed by atoms with E-state index in [0.717, 1.165) is 14.3 Å². The Bertz CT molecular complexity index is 488. The van der Waals surface area contributed by atoms with Crippen LogP contribution in [0.2, 0.25) is 0 Å². The van der Waals surface area contributed by atoms with Gasteiger partial charge in [-0.3, -0.25) is 0 Å².